The van der Waals surface area contributed by atoms with Crippen molar-refractivity contribution >= 4 is 0 Å². The van der Waals surface area contributed by atoms with Crippen molar-refractivity contribution in [3.8, 4) is 0 Å². The molecule has 0 heterocycles. The van der Waals surface area contributed by atoms with Crippen LogP contribution in [0.5, 0.6) is 0 Å². The van der Waals surface area contributed by atoms with Gasteiger partial charge in [0.25, 0.3) is 0 Å². The summed E-state index contributed by atoms with van der Waals surface area (Å²) in [7, 11) is 0. The molecule has 0 aromatic rings. The lowest BCUT2D eigenvalue weighted by atomic mass is 10.1. The molecule has 0 rings (SSSR count). The van der Waals surface area contributed by atoms with Crippen molar-refractivity contribution in [2.45, 2.75) is 287 Å². The molecule has 0 aliphatic carbocycles. The summed E-state index contributed by atoms with van der Waals surface area (Å²) >= 11 is 0. The summed E-state index contributed by atoms with van der Waals surface area (Å²) in [6.45, 7) is 18.2. The van der Waals surface area contributed by atoms with E-state index in [0.717, 1.165) is 0 Å². The Labute approximate surface area is 285 Å². The predicted molar refractivity (Wildman–Crippen MR) is 212 cm³/mol. The molecule has 0 atom stereocenters. The van der Waals surface area contributed by atoms with E-state index in [2.05, 4.69) is 55.4 Å². The largest absolute Gasteiger partial charge is 0.0654 e. The summed E-state index contributed by atoms with van der Waals surface area (Å²) < 4.78 is 0. The molecule has 0 unspecified atom stereocenters. The highest BCUT2D eigenvalue weighted by atomic mass is 14.0. The first-order valence-corrected chi connectivity index (χ1v) is 21.7. The van der Waals surface area contributed by atoms with E-state index in [0.29, 0.717) is 0 Å². The molecular weight excluding hydrogens is 528 g/mol. The zero-order valence-corrected chi connectivity index (χ0v) is 33.5. The molecule has 0 spiro atoms. The maximum absolute atomic E-state index is 2.28. The highest BCUT2D eigenvalue weighted by molar-refractivity contribution is 4.47. The van der Waals surface area contributed by atoms with Crippen molar-refractivity contribution in [1.29, 1.82) is 0 Å². The molecule has 0 aliphatic rings. The van der Waals surface area contributed by atoms with E-state index >= 15 is 0 Å². The Kier molecular flexibility index (Phi) is 67.6. The van der Waals surface area contributed by atoms with Crippen LogP contribution in [-0.4, -0.2) is 0 Å². The minimum Gasteiger partial charge on any atom is -0.0654 e. The van der Waals surface area contributed by atoms with Crippen LogP contribution in [0.3, 0.4) is 0 Å². The van der Waals surface area contributed by atoms with Crippen LogP contribution in [0.4, 0.5) is 0 Å². The highest BCUT2D eigenvalue weighted by Crippen LogP contribution is 2.11. The van der Waals surface area contributed by atoms with Crippen molar-refractivity contribution in [1.82, 2.24) is 0 Å². The molecule has 44 heavy (non-hydrogen) atoms. The van der Waals surface area contributed by atoms with Gasteiger partial charge in [-0.25, -0.2) is 0 Å². The first kappa shape index (κ1) is 50.8. The van der Waals surface area contributed by atoms with Gasteiger partial charge < -0.3 is 0 Å². The second-order valence-corrected chi connectivity index (χ2v) is 13.9. The van der Waals surface area contributed by atoms with Gasteiger partial charge in [0.2, 0.25) is 0 Å². The molecule has 0 saturated heterocycles. The molecule has 0 fully saturated rings. The van der Waals surface area contributed by atoms with Gasteiger partial charge in [-0.05, 0) is 0 Å². The average Bonchev–Trinajstić information content (AvgIpc) is 3.04. The van der Waals surface area contributed by atoms with Crippen LogP contribution in [0.15, 0.2) is 0 Å². The number of hydrogen-bond acceptors (Lipinski definition) is 0. The van der Waals surface area contributed by atoms with Gasteiger partial charge in [-0.15, -0.1) is 0 Å². The maximum Gasteiger partial charge on any atom is -0.0533 e. The van der Waals surface area contributed by atoms with Crippen molar-refractivity contribution in [2.75, 3.05) is 0 Å². The van der Waals surface area contributed by atoms with Crippen LogP contribution in [0, 0.1) is 0 Å². The fourth-order valence-electron chi connectivity index (χ4n) is 5.54. The molecule has 0 N–H and O–H groups in total. The Hall–Kier alpha value is 0. The van der Waals surface area contributed by atoms with Gasteiger partial charge in [-0.3, -0.25) is 0 Å². The van der Waals surface area contributed by atoms with E-state index < -0.39 is 0 Å². The lowest BCUT2D eigenvalue weighted by Gasteiger charge is -1.99. The molecule has 0 radical (unpaired) electrons. The predicted octanol–water partition coefficient (Wildman–Crippen LogP) is 18.1. The zero-order valence-electron chi connectivity index (χ0n) is 33.5. The third-order valence-corrected chi connectivity index (χ3v) is 8.83. The van der Waals surface area contributed by atoms with E-state index in [9.17, 15) is 0 Å². The summed E-state index contributed by atoms with van der Waals surface area (Å²) in [5.41, 5.74) is 0. The molecule has 272 valence electrons. The lowest BCUT2D eigenvalue weighted by Crippen LogP contribution is -1.80. The zero-order chi connectivity index (χ0) is 33.5. The molecular formula is C44H96. The summed E-state index contributed by atoms with van der Waals surface area (Å²) in [6.07, 6.45) is 51.8. The summed E-state index contributed by atoms with van der Waals surface area (Å²) in [6, 6.07) is 0. The van der Waals surface area contributed by atoms with Crippen LogP contribution in [0.2, 0.25) is 0 Å². The Morgan fingerprint density at radius 1 is 0.114 bits per heavy atom. The molecule has 0 aliphatic heterocycles. The standard InChI is InChI=1S/2C12H26.2C10H22/c2*1-3-5-7-9-11-12-10-8-6-4-2;2*1-3-5-7-9-10-8-6-4-2/h2*3-12H2,1-2H3;2*3-10H2,1-2H3. The average molecular weight is 625 g/mol. The van der Waals surface area contributed by atoms with Crippen LogP contribution < -0.4 is 0 Å². The second-order valence-electron chi connectivity index (χ2n) is 13.9. The maximum atomic E-state index is 2.28. The van der Waals surface area contributed by atoms with E-state index in [1.54, 1.807) is 0 Å². The first-order chi connectivity index (χ1) is 21.7. The monoisotopic (exact) mass is 625 g/mol. The lowest BCUT2D eigenvalue weighted by molar-refractivity contribution is 0.562. The molecule has 0 heteroatoms. The fraction of sp³-hybridized carbons (Fsp3) is 1.00. The first-order valence-electron chi connectivity index (χ1n) is 21.7. The van der Waals surface area contributed by atoms with Crippen LogP contribution in [-0.2, 0) is 0 Å². The summed E-state index contributed by atoms with van der Waals surface area (Å²) in [4.78, 5) is 0. The van der Waals surface area contributed by atoms with Crippen LogP contribution >= 0.6 is 0 Å². The SMILES string of the molecule is CCCCCCCCCC.CCCCCCCCCC.CCCCCCCCCCCC.CCCCCCCCCCCC. The summed E-state index contributed by atoms with van der Waals surface area (Å²) in [5.74, 6) is 0. The third-order valence-electron chi connectivity index (χ3n) is 8.83. The molecule has 0 aromatic heterocycles. The van der Waals surface area contributed by atoms with Gasteiger partial charge in [-0.1, -0.05) is 287 Å². The Morgan fingerprint density at radius 2 is 0.182 bits per heavy atom. The van der Waals surface area contributed by atoms with Gasteiger partial charge in [0, 0.05) is 0 Å². The Bertz CT molecular complexity index is 300. The molecule has 0 saturated carbocycles. The molecule has 0 amide bonds. The van der Waals surface area contributed by atoms with Gasteiger partial charge in [0.15, 0.2) is 0 Å². The quantitative estimate of drug-likeness (QED) is 0.0653. The fourth-order valence-corrected chi connectivity index (χ4v) is 5.54. The van der Waals surface area contributed by atoms with Crippen molar-refractivity contribution < 1.29 is 0 Å². The molecule has 0 nitrogen and oxygen atoms in total. The number of hydrogen-bond donors (Lipinski definition) is 0. The smallest absolute Gasteiger partial charge is 0.0533 e. The second kappa shape index (κ2) is 58.5. The number of unbranched alkanes of at least 4 members (excludes halogenated alkanes) is 32. The van der Waals surface area contributed by atoms with E-state index in [-0.39, 0.29) is 0 Å². The van der Waals surface area contributed by atoms with Crippen LogP contribution in [0.25, 0.3) is 0 Å². The van der Waals surface area contributed by atoms with Crippen LogP contribution in [0.1, 0.15) is 287 Å². The normalized spacial score (nSPS) is 10.4. The van der Waals surface area contributed by atoms with Gasteiger partial charge in [0.05, 0.1) is 0 Å². The minimum absolute atomic E-state index is 1.37. The number of rotatable bonds is 32. The Balaban J connectivity index is -0.000000243. The highest BCUT2D eigenvalue weighted by Gasteiger charge is 1.92. The van der Waals surface area contributed by atoms with Crippen molar-refractivity contribution in [2.24, 2.45) is 0 Å². The van der Waals surface area contributed by atoms with Crippen molar-refractivity contribution in [3.05, 3.63) is 0 Å². The Morgan fingerprint density at radius 3 is 0.250 bits per heavy atom. The molecule has 0 bridgehead atoms. The van der Waals surface area contributed by atoms with E-state index in [1.807, 2.05) is 0 Å². The van der Waals surface area contributed by atoms with Gasteiger partial charge in [0.1, 0.15) is 0 Å². The van der Waals surface area contributed by atoms with E-state index in [1.165, 1.54) is 231 Å². The molecule has 0 aromatic carbocycles. The minimum atomic E-state index is 1.37. The van der Waals surface area contributed by atoms with Gasteiger partial charge >= 0.3 is 0 Å². The third kappa shape index (κ3) is 68.9. The van der Waals surface area contributed by atoms with E-state index in [4.69, 9.17) is 0 Å². The summed E-state index contributed by atoms with van der Waals surface area (Å²) in [5, 5.41) is 0. The van der Waals surface area contributed by atoms with Crippen molar-refractivity contribution in [3.63, 3.8) is 0 Å². The van der Waals surface area contributed by atoms with Gasteiger partial charge in [-0.2, -0.15) is 0 Å². The topological polar surface area (TPSA) is 0 Å².